The third-order valence-electron chi connectivity index (χ3n) is 3.65. The number of carbonyl (C=O) groups is 1. The lowest BCUT2D eigenvalue weighted by atomic mass is 10.2. The van der Waals surface area contributed by atoms with E-state index in [4.69, 9.17) is 14.2 Å². The van der Waals surface area contributed by atoms with Crippen molar-refractivity contribution in [3.05, 3.63) is 53.6 Å². The van der Waals surface area contributed by atoms with Crippen LogP contribution in [0.3, 0.4) is 0 Å². The largest absolute Gasteiger partial charge is 0.497 e. The van der Waals surface area contributed by atoms with Crippen LogP contribution in [0.1, 0.15) is 11.1 Å². The topological polar surface area (TPSA) is 69.2 Å². The molecule has 0 saturated heterocycles. The van der Waals surface area contributed by atoms with E-state index >= 15 is 0 Å². The van der Waals surface area contributed by atoms with E-state index in [2.05, 4.69) is 10.5 Å². The van der Waals surface area contributed by atoms with Crippen molar-refractivity contribution in [1.29, 1.82) is 0 Å². The Morgan fingerprint density at radius 2 is 2.04 bits per heavy atom. The number of thioether (sulfide) groups is 1. The summed E-state index contributed by atoms with van der Waals surface area (Å²) in [5, 5.41) is 4.01. The molecule has 0 spiro atoms. The van der Waals surface area contributed by atoms with Crippen molar-refractivity contribution in [3.63, 3.8) is 0 Å². The molecule has 0 unspecified atom stereocenters. The molecule has 1 aliphatic heterocycles. The maximum absolute atomic E-state index is 11.9. The number of ether oxygens (including phenoxy) is 3. The first-order valence-electron chi connectivity index (χ1n) is 8.17. The highest BCUT2D eigenvalue weighted by molar-refractivity contribution is 7.99. The van der Waals surface area contributed by atoms with Crippen LogP contribution in [0.15, 0.2) is 47.6 Å². The quantitative estimate of drug-likeness (QED) is 0.598. The van der Waals surface area contributed by atoms with Crippen LogP contribution in [-0.4, -0.2) is 38.2 Å². The number of fused-ring (bicyclic) bond motifs is 1. The lowest BCUT2D eigenvalue weighted by molar-refractivity contribution is -0.118. The van der Waals surface area contributed by atoms with Crippen LogP contribution in [-0.2, 0) is 10.5 Å². The molecule has 0 saturated carbocycles. The Kier molecular flexibility index (Phi) is 6.38. The lowest BCUT2D eigenvalue weighted by Gasteiger charge is -2.19. The van der Waals surface area contributed by atoms with E-state index in [1.807, 2.05) is 42.5 Å². The Balaban J connectivity index is 1.44. The van der Waals surface area contributed by atoms with E-state index in [9.17, 15) is 4.79 Å². The Bertz CT molecular complexity index is 778. The van der Waals surface area contributed by atoms with Crippen LogP contribution in [0.4, 0.5) is 0 Å². The highest BCUT2D eigenvalue weighted by Gasteiger charge is 2.14. The molecule has 6 nitrogen and oxygen atoms in total. The predicted octanol–water partition coefficient (Wildman–Crippen LogP) is 2.85. The van der Waals surface area contributed by atoms with Gasteiger partial charge in [-0.25, -0.2) is 5.43 Å². The number of methoxy groups -OCH3 is 1. The fourth-order valence-corrected chi connectivity index (χ4v) is 3.17. The van der Waals surface area contributed by atoms with E-state index in [1.165, 1.54) is 11.8 Å². The van der Waals surface area contributed by atoms with Gasteiger partial charge in [0.05, 0.1) is 19.1 Å². The first kappa shape index (κ1) is 18.1. The van der Waals surface area contributed by atoms with Gasteiger partial charge in [-0.1, -0.05) is 18.2 Å². The Morgan fingerprint density at radius 1 is 1.23 bits per heavy atom. The van der Waals surface area contributed by atoms with Gasteiger partial charge in [0.1, 0.15) is 19.0 Å². The zero-order valence-electron chi connectivity index (χ0n) is 14.4. The fourth-order valence-electron chi connectivity index (χ4n) is 2.39. The van der Waals surface area contributed by atoms with Gasteiger partial charge in [-0.2, -0.15) is 5.10 Å². The summed E-state index contributed by atoms with van der Waals surface area (Å²) in [7, 11) is 1.64. The van der Waals surface area contributed by atoms with E-state index in [1.54, 1.807) is 13.3 Å². The average Bonchev–Trinajstić information content (AvgIpc) is 2.69. The second kappa shape index (κ2) is 9.15. The molecule has 1 N–H and O–H groups in total. The second-order valence-electron chi connectivity index (χ2n) is 5.51. The van der Waals surface area contributed by atoms with Crippen molar-refractivity contribution in [1.82, 2.24) is 5.43 Å². The second-order valence-corrected chi connectivity index (χ2v) is 6.49. The predicted molar refractivity (Wildman–Crippen MR) is 102 cm³/mol. The monoisotopic (exact) mass is 372 g/mol. The molecule has 0 radical (unpaired) electrons. The van der Waals surface area contributed by atoms with Crippen molar-refractivity contribution in [2.75, 3.05) is 26.1 Å². The number of hydrogen-bond acceptors (Lipinski definition) is 6. The van der Waals surface area contributed by atoms with Gasteiger partial charge < -0.3 is 14.2 Å². The van der Waals surface area contributed by atoms with Crippen LogP contribution in [0.25, 0.3) is 0 Å². The van der Waals surface area contributed by atoms with Crippen LogP contribution in [0.5, 0.6) is 17.2 Å². The summed E-state index contributed by atoms with van der Waals surface area (Å²) in [5.41, 5.74) is 4.45. The van der Waals surface area contributed by atoms with Crippen LogP contribution < -0.4 is 19.6 Å². The normalized spacial score (nSPS) is 12.8. The van der Waals surface area contributed by atoms with Gasteiger partial charge in [-0.05, 0) is 29.8 Å². The van der Waals surface area contributed by atoms with Crippen molar-refractivity contribution in [3.8, 4) is 17.2 Å². The smallest absolute Gasteiger partial charge is 0.250 e. The molecule has 0 bridgehead atoms. The molecule has 136 valence electrons. The van der Waals surface area contributed by atoms with Crippen molar-refractivity contribution in [2.24, 2.45) is 5.10 Å². The number of amides is 1. The third kappa shape index (κ3) is 4.92. The van der Waals surface area contributed by atoms with Gasteiger partial charge in [-0.3, -0.25) is 4.79 Å². The highest BCUT2D eigenvalue weighted by atomic mass is 32.2. The average molecular weight is 372 g/mol. The molecule has 3 rings (SSSR count). The number of carbonyl (C=O) groups excluding carboxylic acids is 1. The molecule has 1 amide bonds. The van der Waals surface area contributed by atoms with Crippen LogP contribution >= 0.6 is 11.8 Å². The molecule has 0 atom stereocenters. The van der Waals surface area contributed by atoms with Gasteiger partial charge in [0.25, 0.3) is 0 Å². The zero-order chi connectivity index (χ0) is 18.2. The Hall–Kier alpha value is -2.67. The summed E-state index contributed by atoms with van der Waals surface area (Å²) >= 11 is 1.53. The summed E-state index contributed by atoms with van der Waals surface area (Å²) < 4.78 is 16.2. The maximum atomic E-state index is 11.9. The number of hydrazone groups is 1. The number of rotatable bonds is 7. The standard InChI is InChI=1S/C19H20N2O4S/c1-23-16-7-5-14(6-8-16)12-26-13-18(22)21-20-11-15-3-2-4-17-19(15)25-10-9-24-17/h2-8,11H,9-10,12-13H2,1H3,(H,21,22)/b20-11+. The molecular weight excluding hydrogens is 352 g/mol. The molecule has 26 heavy (non-hydrogen) atoms. The molecule has 0 fully saturated rings. The molecule has 7 heteroatoms. The molecule has 1 heterocycles. The van der Waals surface area contributed by atoms with E-state index in [0.717, 1.165) is 22.6 Å². The van der Waals surface area contributed by atoms with Gasteiger partial charge in [-0.15, -0.1) is 11.8 Å². The van der Waals surface area contributed by atoms with Gasteiger partial charge in [0.15, 0.2) is 11.5 Å². The fraction of sp³-hybridized carbons (Fsp3) is 0.263. The van der Waals surface area contributed by atoms with E-state index < -0.39 is 0 Å². The van der Waals surface area contributed by atoms with Gasteiger partial charge >= 0.3 is 0 Å². The molecule has 2 aromatic carbocycles. The van der Waals surface area contributed by atoms with Crippen molar-refractivity contribution >= 4 is 23.9 Å². The summed E-state index contributed by atoms with van der Waals surface area (Å²) in [6.07, 6.45) is 1.57. The van der Waals surface area contributed by atoms with Gasteiger partial charge in [0.2, 0.25) is 5.91 Å². The third-order valence-corrected chi connectivity index (χ3v) is 4.65. The zero-order valence-corrected chi connectivity index (χ0v) is 15.3. The minimum absolute atomic E-state index is 0.151. The van der Waals surface area contributed by atoms with Gasteiger partial charge in [0, 0.05) is 11.3 Å². The number of nitrogens with zero attached hydrogens (tertiary/aromatic N) is 1. The summed E-state index contributed by atoms with van der Waals surface area (Å²) in [5.74, 6) is 3.10. The van der Waals surface area contributed by atoms with Crippen LogP contribution in [0.2, 0.25) is 0 Å². The summed E-state index contributed by atoms with van der Waals surface area (Å²) in [6.45, 7) is 1.04. The maximum Gasteiger partial charge on any atom is 0.250 e. The number of para-hydroxylation sites is 1. The molecule has 0 aliphatic carbocycles. The Morgan fingerprint density at radius 3 is 2.85 bits per heavy atom. The SMILES string of the molecule is COc1ccc(CSCC(=O)N/N=C/c2cccc3c2OCCO3)cc1. The minimum Gasteiger partial charge on any atom is -0.497 e. The number of nitrogens with one attached hydrogen (secondary N) is 1. The molecule has 0 aromatic heterocycles. The summed E-state index contributed by atoms with van der Waals surface area (Å²) in [6, 6.07) is 13.4. The number of hydrogen-bond donors (Lipinski definition) is 1. The molecule has 2 aromatic rings. The van der Waals surface area contributed by atoms with E-state index in [-0.39, 0.29) is 5.91 Å². The molecular formula is C19H20N2O4S. The van der Waals surface area contributed by atoms with Crippen molar-refractivity contribution < 1.29 is 19.0 Å². The van der Waals surface area contributed by atoms with Crippen molar-refractivity contribution in [2.45, 2.75) is 5.75 Å². The summed E-state index contributed by atoms with van der Waals surface area (Å²) in [4.78, 5) is 11.9. The lowest BCUT2D eigenvalue weighted by Crippen LogP contribution is -2.20. The molecule has 1 aliphatic rings. The van der Waals surface area contributed by atoms with E-state index in [0.29, 0.717) is 30.5 Å². The highest BCUT2D eigenvalue weighted by Crippen LogP contribution is 2.32. The van der Waals surface area contributed by atoms with Crippen LogP contribution in [0, 0.1) is 0 Å². The number of benzene rings is 2. The minimum atomic E-state index is -0.151. The first-order chi connectivity index (χ1) is 12.8. The Labute approximate surface area is 156 Å². The first-order valence-corrected chi connectivity index (χ1v) is 9.33.